The van der Waals surface area contributed by atoms with Gasteiger partial charge >= 0.3 is 0 Å². The van der Waals surface area contributed by atoms with Crippen LogP contribution in [0.25, 0.3) is 0 Å². The Kier molecular flexibility index (Phi) is 6.15. The minimum absolute atomic E-state index is 0.0485. The van der Waals surface area contributed by atoms with Gasteiger partial charge in [-0.2, -0.15) is 0 Å². The van der Waals surface area contributed by atoms with E-state index in [1.54, 1.807) is 18.0 Å². The average Bonchev–Trinajstić information content (AvgIpc) is 2.40. The molecule has 5 heteroatoms. The topological polar surface area (TPSA) is 41.6 Å². The number of nitrogens with one attached hydrogen (secondary N) is 1. The third-order valence-electron chi connectivity index (χ3n) is 3.02. The maximum absolute atomic E-state index is 13.6. The lowest BCUT2D eigenvalue weighted by Gasteiger charge is -2.21. The normalized spacial score (nSPS) is 11.3. The lowest BCUT2D eigenvalue weighted by atomic mass is 10.1. The molecule has 0 saturated carbocycles. The van der Waals surface area contributed by atoms with Crippen LogP contribution < -0.4 is 10.1 Å². The number of nitrogens with zero attached hydrogens (tertiary/aromatic N) is 1. The van der Waals surface area contributed by atoms with Crippen molar-refractivity contribution in [3.8, 4) is 5.75 Å². The van der Waals surface area contributed by atoms with Crippen molar-refractivity contribution in [2.45, 2.75) is 39.8 Å². The maximum atomic E-state index is 13.6. The van der Waals surface area contributed by atoms with Crippen molar-refractivity contribution in [1.29, 1.82) is 0 Å². The van der Waals surface area contributed by atoms with E-state index in [0.717, 1.165) is 5.56 Å². The molecule has 1 aromatic carbocycles. The van der Waals surface area contributed by atoms with E-state index in [0.29, 0.717) is 18.8 Å². The fraction of sp³-hybridized carbons (Fsp3) is 0.562. The summed E-state index contributed by atoms with van der Waals surface area (Å²) < 4.78 is 19.0. The molecule has 4 nitrogen and oxygen atoms in total. The van der Waals surface area contributed by atoms with Gasteiger partial charge in [0.15, 0.2) is 6.61 Å². The number of carbonyl (C=O) groups excluding carboxylic acids is 1. The summed E-state index contributed by atoms with van der Waals surface area (Å²) in [6.07, 6.45) is 0. The Hall–Kier alpha value is -1.62. The molecule has 0 bridgehead atoms. The molecule has 0 unspecified atom stereocenters. The number of benzene rings is 1. The van der Waals surface area contributed by atoms with Gasteiger partial charge in [0.05, 0.1) is 0 Å². The lowest BCUT2D eigenvalue weighted by Crippen LogP contribution is -2.35. The van der Waals surface area contributed by atoms with Gasteiger partial charge in [-0.25, -0.2) is 4.39 Å². The molecule has 0 spiro atoms. The number of hydrogen-bond acceptors (Lipinski definition) is 3. The van der Waals surface area contributed by atoms with E-state index in [1.165, 1.54) is 12.1 Å². The molecule has 0 saturated heterocycles. The SMILES string of the molecule is CCN(C)C(=O)COc1cc(F)cc(CNC(C)(C)C)c1. The predicted molar refractivity (Wildman–Crippen MR) is 81.8 cm³/mol. The number of hydrogen-bond donors (Lipinski definition) is 1. The molecule has 118 valence electrons. The van der Waals surface area contributed by atoms with Crippen LogP contribution in [0, 0.1) is 5.82 Å². The van der Waals surface area contributed by atoms with Crippen LogP contribution in [-0.4, -0.2) is 36.5 Å². The minimum Gasteiger partial charge on any atom is -0.484 e. The second kappa shape index (κ2) is 7.41. The zero-order valence-electron chi connectivity index (χ0n) is 13.5. The molecule has 0 aliphatic heterocycles. The monoisotopic (exact) mass is 296 g/mol. The lowest BCUT2D eigenvalue weighted by molar-refractivity contribution is -0.131. The number of amides is 1. The summed E-state index contributed by atoms with van der Waals surface area (Å²) in [5.74, 6) is -0.121. The van der Waals surface area contributed by atoms with Crippen LogP contribution in [0.3, 0.4) is 0 Å². The molecule has 21 heavy (non-hydrogen) atoms. The molecular weight excluding hydrogens is 271 g/mol. The summed E-state index contributed by atoms with van der Waals surface area (Å²) >= 11 is 0. The Labute approximate surface area is 126 Å². The quantitative estimate of drug-likeness (QED) is 0.877. The Morgan fingerprint density at radius 2 is 2.00 bits per heavy atom. The van der Waals surface area contributed by atoms with Crippen molar-refractivity contribution in [1.82, 2.24) is 10.2 Å². The third-order valence-corrected chi connectivity index (χ3v) is 3.02. The van der Waals surface area contributed by atoms with Crippen molar-refractivity contribution >= 4 is 5.91 Å². The van der Waals surface area contributed by atoms with Gasteiger partial charge in [0, 0.05) is 31.7 Å². The van der Waals surface area contributed by atoms with Crippen LogP contribution >= 0.6 is 0 Å². The molecule has 0 aliphatic rings. The number of ether oxygens (including phenoxy) is 1. The fourth-order valence-electron chi connectivity index (χ4n) is 1.60. The van der Waals surface area contributed by atoms with Gasteiger partial charge in [-0.05, 0) is 45.4 Å². The van der Waals surface area contributed by atoms with E-state index in [9.17, 15) is 9.18 Å². The highest BCUT2D eigenvalue weighted by molar-refractivity contribution is 5.77. The first-order valence-corrected chi connectivity index (χ1v) is 7.12. The molecule has 1 aromatic rings. The standard InChI is InChI=1S/C16H25FN2O2/c1-6-19(5)15(20)11-21-14-8-12(7-13(17)9-14)10-18-16(2,3)4/h7-9,18H,6,10-11H2,1-5H3. The van der Waals surface area contributed by atoms with Crippen molar-refractivity contribution in [3.63, 3.8) is 0 Å². The first-order chi connectivity index (χ1) is 9.71. The minimum atomic E-state index is -0.366. The highest BCUT2D eigenvalue weighted by atomic mass is 19.1. The summed E-state index contributed by atoms with van der Waals surface area (Å²) in [4.78, 5) is 13.2. The molecule has 0 radical (unpaired) electrons. The van der Waals surface area contributed by atoms with Crippen molar-refractivity contribution in [2.24, 2.45) is 0 Å². The zero-order chi connectivity index (χ0) is 16.0. The van der Waals surface area contributed by atoms with E-state index in [2.05, 4.69) is 5.32 Å². The van der Waals surface area contributed by atoms with Gasteiger partial charge in [0.1, 0.15) is 11.6 Å². The van der Waals surface area contributed by atoms with Crippen molar-refractivity contribution in [3.05, 3.63) is 29.6 Å². The molecule has 1 rings (SSSR count). The van der Waals surface area contributed by atoms with Gasteiger partial charge in [-0.1, -0.05) is 0 Å². The Bertz CT molecular complexity index is 484. The van der Waals surface area contributed by atoms with Gasteiger partial charge in [-0.3, -0.25) is 4.79 Å². The molecule has 0 fully saturated rings. The first kappa shape index (κ1) is 17.4. The summed E-state index contributed by atoms with van der Waals surface area (Å²) in [6.45, 7) is 9.09. The Morgan fingerprint density at radius 1 is 1.33 bits per heavy atom. The number of halogens is 1. The second-order valence-corrected chi connectivity index (χ2v) is 6.10. The summed E-state index contributed by atoms with van der Waals surface area (Å²) in [7, 11) is 1.70. The van der Waals surface area contributed by atoms with E-state index in [4.69, 9.17) is 4.74 Å². The second-order valence-electron chi connectivity index (χ2n) is 6.10. The molecular formula is C16H25FN2O2. The van der Waals surface area contributed by atoms with Crippen LogP contribution in [0.2, 0.25) is 0 Å². The van der Waals surface area contributed by atoms with Gasteiger partial charge in [-0.15, -0.1) is 0 Å². The Balaban J connectivity index is 2.67. The fourth-order valence-corrected chi connectivity index (χ4v) is 1.60. The first-order valence-electron chi connectivity index (χ1n) is 7.12. The van der Waals surface area contributed by atoms with Crippen LogP contribution in [0.4, 0.5) is 4.39 Å². The van der Waals surface area contributed by atoms with Crippen LogP contribution in [-0.2, 0) is 11.3 Å². The number of carbonyl (C=O) groups is 1. The summed E-state index contributed by atoms with van der Waals surface area (Å²) in [5, 5.41) is 3.29. The smallest absolute Gasteiger partial charge is 0.260 e. The zero-order valence-corrected chi connectivity index (χ0v) is 13.5. The predicted octanol–water partition coefficient (Wildman–Crippen LogP) is 2.57. The average molecular weight is 296 g/mol. The molecule has 0 atom stereocenters. The van der Waals surface area contributed by atoms with Crippen molar-refractivity contribution < 1.29 is 13.9 Å². The molecule has 1 amide bonds. The number of rotatable bonds is 6. The van der Waals surface area contributed by atoms with E-state index in [-0.39, 0.29) is 23.9 Å². The van der Waals surface area contributed by atoms with Crippen LogP contribution in [0.15, 0.2) is 18.2 Å². The van der Waals surface area contributed by atoms with Crippen molar-refractivity contribution in [2.75, 3.05) is 20.2 Å². The summed E-state index contributed by atoms with van der Waals surface area (Å²) in [6, 6.07) is 4.51. The Morgan fingerprint density at radius 3 is 2.57 bits per heavy atom. The van der Waals surface area contributed by atoms with Gasteiger partial charge in [0.2, 0.25) is 0 Å². The molecule has 1 N–H and O–H groups in total. The van der Waals surface area contributed by atoms with Gasteiger partial charge in [0.25, 0.3) is 5.91 Å². The van der Waals surface area contributed by atoms with E-state index >= 15 is 0 Å². The molecule has 0 aliphatic carbocycles. The van der Waals surface area contributed by atoms with Crippen LogP contribution in [0.5, 0.6) is 5.75 Å². The maximum Gasteiger partial charge on any atom is 0.260 e. The van der Waals surface area contributed by atoms with Gasteiger partial charge < -0.3 is 15.0 Å². The van der Waals surface area contributed by atoms with Crippen LogP contribution in [0.1, 0.15) is 33.3 Å². The highest BCUT2D eigenvalue weighted by Gasteiger charge is 2.11. The third kappa shape index (κ3) is 6.58. The molecule has 0 heterocycles. The summed E-state index contributed by atoms with van der Waals surface area (Å²) in [5.41, 5.74) is 0.740. The van der Waals surface area contributed by atoms with E-state index < -0.39 is 0 Å². The number of likely N-dealkylation sites (N-methyl/N-ethyl adjacent to an activating group) is 1. The molecule has 0 aromatic heterocycles. The van der Waals surface area contributed by atoms with E-state index in [1.807, 2.05) is 27.7 Å². The highest BCUT2D eigenvalue weighted by Crippen LogP contribution is 2.17. The largest absolute Gasteiger partial charge is 0.484 e.